The van der Waals surface area contributed by atoms with Crippen LogP contribution in [0, 0.1) is 0 Å². The molecule has 1 N–H and O–H groups in total. The number of nitrogens with one attached hydrogen (secondary N) is 1. The fraction of sp³-hybridized carbons (Fsp3) is 0.800. The van der Waals surface area contributed by atoms with Crippen LogP contribution < -0.4 is 5.32 Å². The minimum Gasteiger partial charge on any atom is -0.444 e. The van der Waals surface area contributed by atoms with Crippen LogP contribution in [0.1, 0.15) is 40.5 Å². The van der Waals surface area contributed by atoms with Crippen molar-refractivity contribution in [1.82, 2.24) is 25.0 Å². The Morgan fingerprint density at radius 2 is 2.27 bits per heavy atom. The van der Waals surface area contributed by atoms with E-state index in [9.17, 15) is 4.79 Å². The van der Waals surface area contributed by atoms with E-state index < -0.39 is 5.60 Å². The van der Waals surface area contributed by atoms with Gasteiger partial charge in [0.2, 0.25) is 0 Å². The Kier molecular flexibility index (Phi) is 5.39. The summed E-state index contributed by atoms with van der Waals surface area (Å²) in [6.45, 7) is 10.0. The van der Waals surface area contributed by atoms with Crippen LogP contribution in [-0.2, 0) is 11.3 Å². The monoisotopic (exact) mass is 309 g/mol. The minimum absolute atomic E-state index is 0.220. The number of rotatable bonds is 4. The summed E-state index contributed by atoms with van der Waals surface area (Å²) >= 11 is 0. The maximum atomic E-state index is 12.2. The van der Waals surface area contributed by atoms with E-state index in [-0.39, 0.29) is 12.1 Å². The molecule has 2 rings (SSSR count). The molecule has 124 valence electrons. The van der Waals surface area contributed by atoms with Gasteiger partial charge in [-0.25, -0.2) is 9.78 Å². The number of aromatic nitrogens is 3. The molecule has 1 saturated heterocycles. The number of amides is 1. The van der Waals surface area contributed by atoms with Crippen LogP contribution in [0.5, 0.6) is 0 Å². The summed E-state index contributed by atoms with van der Waals surface area (Å²) in [6, 6.07) is 0.560. The number of carbonyl (C=O) groups excluding carboxylic acids is 1. The van der Waals surface area contributed by atoms with E-state index in [0.29, 0.717) is 12.6 Å². The molecule has 1 aromatic rings. The number of likely N-dealkylation sites (tertiary alicyclic amines) is 1. The number of ether oxygens (including phenoxy) is 1. The Morgan fingerprint density at radius 3 is 2.91 bits per heavy atom. The highest BCUT2D eigenvalue weighted by atomic mass is 16.6. The summed E-state index contributed by atoms with van der Waals surface area (Å²) < 4.78 is 7.26. The van der Waals surface area contributed by atoms with Crippen LogP contribution in [0.4, 0.5) is 4.79 Å². The molecule has 2 heterocycles. The highest BCUT2D eigenvalue weighted by Gasteiger charge is 2.28. The third-order valence-electron chi connectivity index (χ3n) is 3.52. The summed E-state index contributed by atoms with van der Waals surface area (Å²) in [6.07, 6.45) is 5.10. The molecule has 2 atom stereocenters. The largest absolute Gasteiger partial charge is 0.444 e. The average Bonchev–Trinajstić information content (AvgIpc) is 2.89. The van der Waals surface area contributed by atoms with Gasteiger partial charge in [0.25, 0.3) is 0 Å². The second-order valence-electron chi connectivity index (χ2n) is 6.95. The number of piperidine rings is 1. The summed E-state index contributed by atoms with van der Waals surface area (Å²) in [5, 5.41) is 7.68. The van der Waals surface area contributed by atoms with E-state index in [2.05, 4.69) is 22.3 Å². The first-order chi connectivity index (χ1) is 10.3. The maximum absolute atomic E-state index is 12.2. The van der Waals surface area contributed by atoms with Crippen LogP contribution >= 0.6 is 0 Å². The highest BCUT2D eigenvalue weighted by molar-refractivity contribution is 5.68. The number of hydrogen-bond acceptors (Lipinski definition) is 5. The summed E-state index contributed by atoms with van der Waals surface area (Å²) in [5.74, 6) is 0. The molecule has 0 spiro atoms. The third kappa shape index (κ3) is 5.29. The number of nitrogens with zero attached hydrogens (tertiary/aromatic N) is 4. The van der Waals surface area contributed by atoms with Gasteiger partial charge < -0.3 is 15.0 Å². The van der Waals surface area contributed by atoms with Gasteiger partial charge in [-0.2, -0.15) is 5.10 Å². The summed E-state index contributed by atoms with van der Waals surface area (Å²) in [7, 11) is 0. The molecule has 0 aromatic carbocycles. The zero-order valence-corrected chi connectivity index (χ0v) is 14.0. The molecule has 1 fully saturated rings. The zero-order chi connectivity index (χ0) is 16.2. The van der Waals surface area contributed by atoms with E-state index in [1.54, 1.807) is 11.2 Å². The Balaban J connectivity index is 1.81. The fourth-order valence-electron chi connectivity index (χ4n) is 2.67. The third-order valence-corrected chi connectivity index (χ3v) is 3.52. The Bertz CT molecular complexity index is 469. The average molecular weight is 309 g/mol. The van der Waals surface area contributed by atoms with Crippen molar-refractivity contribution in [3.05, 3.63) is 12.7 Å². The van der Waals surface area contributed by atoms with E-state index in [1.165, 1.54) is 6.33 Å². The quantitative estimate of drug-likeness (QED) is 0.915. The summed E-state index contributed by atoms with van der Waals surface area (Å²) in [4.78, 5) is 17.9. The SMILES string of the molecule is C[C@@H](Cn1cncn1)N[C@H]1CCCN(C(=O)OC(C)(C)C)C1. The number of carbonyl (C=O) groups is 1. The first kappa shape index (κ1) is 16.7. The molecule has 0 aliphatic carbocycles. The van der Waals surface area contributed by atoms with Crippen molar-refractivity contribution in [2.24, 2.45) is 0 Å². The molecule has 22 heavy (non-hydrogen) atoms. The molecular formula is C15H27N5O2. The Labute approximate surface area is 132 Å². The van der Waals surface area contributed by atoms with Gasteiger partial charge in [0.1, 0.15) is 18.3 Å². The molecule has 1 aliphatic heterocycles. The molecule has 0 radical (unpaired) electrons. The predicted molar refractivity (Wildman–Crippen MR) is 83.4 cm³/mol. The van der Waals surface area contributed by atoms with Gasteiger partial charge in [0, 0.05) is 25.2 Å². The summed E-state index contributed by atoms with van der Waals surface area (Å²) in [5.41, 5.74) is -0.447. The maximum Gasteiger partial charge on any atom is 0.410 e. The van der Waals surface area contributed by atoms with E-state index in [0.717, 1.165) is 25.9 Å². The van der Waals surface area contributed by atoms with Crippen LogP contribution in [0.2, 0.25) is 0 Å². The van der Waals surface area contributed by atoms with Gasteiger partial charge in [0.15, 0.2) is 0 Å². The lowest BCUT2D eigenvalue weighted by Gasteiger charge is -2.35. The second kappa shape index (κ2) is 7.09. The van der Waals surface area contributed by atoms with E-state index >= 15 is 0 Å². The topological polar surface area (TPSA) is 72.3 Å². The molecule has 1 aliphatic rings. The first-order valence-electron chi connectivity index (χ1n) is 7.90. The van der Waals surface area contributed by atoms with Gasteiger partial charge in [-0.05, 0) is 40.5 Å². The van der Waals surface area contributed by atoms with Gasteiger partial charge >= 0.3 is 6.09 Å². The molecule has 0 unspecified atom stereocenters. The molecule has 7 heteroatoms. The van der Waals surface area contributed by atoms with E-state index in [1.807, 2.05) is 25.5 Å². The second-order valence-corrected chi connectivity index (χ2v) is 6.95. The lowest BCUT2D eigenvalue weighted by molar-refractivity contribution is 0.0183. The minimum atomic E-state index is -0.447. The van der Waals surface area contributed by atoms with Gasteiger partial charge in [-0.15, -0.1) is 0 Å². The van der Waals surface area contributed by atoms with Crippen molar-refractivity contribution < 1.29 is 9.53 Å². The van der Waals surface area contributed by atoms with Crippen LogP contribution in [-0.4, -0.2) is 56.5 Å². The fourth-order valence-corrected chi connectivity index (χ4v) is 2.67. The van der Waals surface area contributed by atoms with Gasteiger partial charge in [-0.1, -0.05) is 0 Å². The standard InChI is InChI=1S/C15H27N5O2/c1-12(8-20-11-16-10-17-20)18-13-6-5-7-19(9-13)14(21)22-15(2,3)4/h10-13,18H,5-9H2,1-4H3/t12-,13-/m0/s1. The van der Waals surface area contributed by atoms with Crippen molar-refractivity contribution in [3.8, 4) is 0 Å². The lowest BCUT2D eigenvalue weighted by atomic mass is 10.1. The Morgan fingerprint density at radius 1 is 1.50 bits per heavy atom. The molecule has 7 nitrogen and oxygen atoms in total. The molecule has 0 bridgehead atoms. The highest BCUT2D eigenvalue weighted by Crippen LogP contribution is 2.15. The van der Waals surface area contributed by atoms with Crippen molar-refractivity contribution in [2.45, 2.75) is 64.8 Å². The zero-order valence-electron chi connectivity index (χ0n) is 14.0. The molecule has 1 aromatic heterocycles. The lowest BCUT2D eigenvalue weighted by Crippen LogP contribution is -2.51. The van der Waals surface area contributed by atoms with Crippen molar-refractivity contribution in [1.29, 1.82) is 0 Å². The van der Waals surface area contributed by atoms with Crippen LogP contribution in [0.25, 0.3) is 0 Å². The number of hydrogen-bond donors (Lipinski definition) is 1. The molecular weight excluding hydrogens is 282 g/mol. The van der Waals surface area contributed by atoms with Crippen LogP contribution in [0.3, 0.4) is 0 Å². The van der Waals surface area contributed by atoms with Gasteiger partial charge in [-0.3, -0.25) is 4.68 Å². The first-order valence-corrected chi connectivity index (χ1v) is 7.90. The smallest absolute Gasteiger partial charge is 0.410 e. The van der Waals surface area contributed by atoms with Crippen molar-refractivity contribution >= 4 is 6.09 Å². The van der Waals surface area contributed by atoms with Crippen molar-refractivity contribution in [3.63, 3.8) is 0 Å². The normalized spacial score (nSPS) is 20.7. The predicted octanol–water partition coefficient (Wildman–Crippen LogP) is 1.66. The van der Waals surface area contributed by atoms with Crippen LogP contribution in [0.15, 0.2) is 12.7 Å². The van der Waals surface area contributed by atoms with Crippen molar-refractivity contribution in [2.75, 3.05) is 13.1 Å². The molecule has 0 saturated carbocycles. The van der Waals surface area contributed by atoms with E-state index in [4.69, 9.17) is 4.74 Å². The molecule has 1 amide bonds. The van der Waals surface area contributed by atoms with Gasteiger partial charge in [0.05, 0.1) is 6.54 Å². The Hall–Kier alpha value is -1.63.